The molecule has 62 heavy (non-hydrogen) atoms. The van der Waals surface area contributed by atoms with E-state index in [0.717, 1.165) is 96.3 Å². The first kappa shape index (κ1) is 59.4. The Balaban J connectivity index is 4.30. The quantitative estimate of drug-likeness (QED) is 0.0262. The SMILES string of the molecule is CC/C=C\C/C=C\C/C=C\CCCCCCCCCCCC(=O)OCC(COC(=O)CCCCCC/C=C\CCCC)OC(=O)CCCCCCCCCCCCCCCCC. The first-order valence-corrected chi connectivity index (χ1v) is 26.6. The van der Waals surface area contributed by atoms with E-state index in [1.165, 1.54) is 135 Å². The Kier molecular flexibility index (Phi) is 48.8. The van der Waals surface area contributed by atoms with Gasteiger partial charge in [0.25, 0.3) is 0 Å². The van der Waals surface area contributed by atoms with Gasteiger partial charge in [-0.2, -0.15) is 0 Å². The summed E-state index contributed by atoms with van der Waals surface area (Å²) in [6, 6.07) is 0. The zero-order chi connectivity index (χ0) is 45.1. The van der Waals surface area contributed by atoms with Crippen molar-refractivity contribution in [3.63, 3.8) is 0 Å². The molecule has 6 heteroatoms. The number of allylic oxidation sites excluding steroid dienone is 8. The smallest absolute Gasteiger partial charge is 0.306 e. The molecule has 0 amide bonds. The molecule has 0 N–H and O–H groups in total. The van der Waals surface area contributed by atoms with Crippen LogP contribution in [0.5, 0.6) is 0 Å². The lowest BCUT2D eigenvalue weighted by Gasteiger charge is -2.18. The minimum absolute atomic E-state index is 0.0771. The average molecular weight is 869 g/mol. The van der Waals surface area contributed by atoms with Crippen molar-refractivity contribution in [1.29, 1.82) is 0 Å². The molecule has 0 aliphatic heterocycles. The van der Waals surface area contributed by atoms with Crippen molar-refractivity contribution in [2.75, 3.05) is 13.2 Å². The fraction of sp³-hybridized carbons (Fsp3) is 0.804. The third-order valence-electron chi connectivity index (χ3n) is 11.6. The van der Waals surface area contributed by atoms with Gasteiger partial charge in [0.2, 0.25) is 0 Å². The summed E-state index contributed by atoms with van der Waals surface area (Å²) in [7, 11) is 0. The van der Waals surface area contributed by atoms with Crippen LogP contribution in [0.3, 0.4) is 0 Å². The molecule has 6 nitrogen and oxygen atoms in total. The summed E-state index contributed by atoms with van der Waals surface area (Å²) in [5, 5.41) is 0. The molecule has 0 aromatic heterocycles. The summed E-state index contributed by atoms with van der Waals surface area (Å²) in [5.41, 5.74) is 0. The molecule has 0 aromatic carbocycles. The molecule has 0 aromatic rings. The molecule has 360 valence electrons. The van der Waals surface area contributed by atoms with Crippen molar-refractivity contribution < 1.29 is 28.6 Å². The van der Waals surface area contributed by atoms with Gasteiger partial charge >= 0.3 is 17.9 Å². The largest absolute Gasteiger partial charge is 0.462 e. The second kappa shape index (κ2) is 51.0. The Morgan fingerprint density at radius 3 is 1.05 bits per heavy atom. The molecular weight excluding hydrogens is 769 g/mol. The fourth-order valence-corrected chi connectivity index (χ4v) is 7.56. The molecule has 0 spiro atoms. The summed E-state index contributed by atoms with van der Waals surface area (Å²) < 4.78 is 16.8. The Labute approximate surface area is 384 Å². The van der Waals surface area contributed by atoms with Crippen LogP contribution in [0.4, 0.5) is 0 Å². The second-order valence-electron chi connectivity index (χ2n) is 17.8. The lowest BCUT2D eigenvalue weighted by molar-refractivity contribution is -0.167. The van der Waals surface area contributed by atoms with Gasteiger partial charge in [0.15, 0.2) is 6.10 Å². The van der Waals surface area contributed by atoms with E-state index < -0.39 is 6.10 Å². The number of hydrogen-bond donors (Lipinski definition) is 0. The molecular formula is C56H100O6. The van der Waals surface area contributed by atoms with Crippen molar-refractivity contribution in [3.8, 4) is 0 Å². The number of hydrogen-bond acceptors (Lipinski definition) is 6. The van der Waals surface area contributed by atoms with E-state index in [2.05, 4.69) is 69.4 Å². The molecule has 0 aliphatic rings. The van der Waals surface area contributed by atoms with E-state index in [1.807, 2.05) is 0 Å². The number of unbranched alkanes of at least 4 members (excludes halogenated alkanes) is 29. The van der Waals surface area contributed by atoms with Crippen molar-refractivity contribution in [2.24, 2.45) is 0 Å². The van der Waals surface area contributed by atoms with E-state index in [9.17, 15) is 14.4 Å². The maximum atomic E-state index is 12.8. The van der Waals surface area contributed by atoms with Crippen molar-refractivity contribution >= 4 is 17.9 Å². The monoisotopic (exact) mass is 869 g/mol. The third-order valence-corrected chi connectivity index (χ3v) is 11.6. The highest BCUT2D eigenvalue weighted by atomic mass is 16.6. The Morgan fingerprint density at radius 1 is 0.339 bits per heavy atom. The Hall–Kier alpha value is -2.63. The standard InChI is InChI=1S/C56H100O6/c1-4-7-10-13-16-19-22-24-26-27-28-29-31-32-34-37-40-43-46-49-55(58)61-52-53(51-60-54(57)48-45-42-39-36-21-18-15-12-9-6-3)62-56(59)50-47-44-41-38-35-33-30-25-23-20-17-14-11-8-5-2/h7,10,15-16,18-19,24,26,53H,4-6,8-9,11-14,17,20-23,25,27-52H2,1-3H3/b10-7-,18-15-,19-16-,26-24-. The predicted molar refractivity (Wildman–Crippen MR) is 265 cm³/mol. The van der Waals surface area contributed by atoms with E-state index >= 15 is 0 Å². The molecule has 0 bridgehead atoms. The van der Waals surface area contributed by atoms with Crippen molar-refractivity contribution in [2.45, 2.75) is 277 Å². The van der Waals surface area contributed by atoms with Crippen LogP contribution in [-0.2, 0) is 28.6 Å². The van der Waals surface area contributed by atoms with Crippen LogP contribution in [0, 0.1) is 0 Å². The van der Waals surface area contributed by atoms with Gasteiger partial charge < -0.3 is 14.2 Å². The summed E-state index contributed by atoms with van der Waals surface area (Å²) in [4.78, 5) is 38.0. The molecule has 1 unspecified atom stereocenters. The highest BCUT2D eigenvalue weighted by molar-refractivity contribution is 5.71. The number of rotatable bonds is 48. The second-order valence-corrected chi connectivity index (χ2v) is 17.8. The van der Waals surface area contributed by atoms with Gasteiger partial charge in [0.1, 0.15) is 13.2 Å². The summed E-state index contributed by atoms with van der Waals surface area (Å²) in [6.45, 7) is 6.49. The summed E-state index contributed by atoms with van der Waals surface area (Å²) in [5.74, 6) is -0.886. The first-order valence-electron chi connectivity index (χ1n) is 26.6. The van der Waals surface area contributed by atoms with Crippen LogP contribution in [-0.4, -0.2) is 37.2 Å². The van der Waals surface area contributed by atoms with E-state index in [-0.39, 0.29) is 31.1 Å². The lowest BCUT2D eigenvalue weighted by atomic mass is 10.0. The number of carbonyl (C=O) groups excluding carboxylic acids is 3. The van der Waals surface area contributed by atoms with Crippen LogP contribution in [0.25, 0.3) is 0 Å². The van der Waals surface area contributed by atoms with Gasteiger partial charge in [-0.05, 0) is 70.6 Å². The van der Waals surface area contributed by atoms with E-state index in [4.69, 9.17) is 14.2 Å². The zero-order valence-electron chi connectivity index (χ0n) is 41.1. The molecule has 0 radical (unpaired) electrons. The molecule has 1 atom stereocenters. The average Bonchev–Trinajstić information content (AvgIpc) is 3.27. The fourth-order valence-electron chi connectivity index (χ4n) is 7.56. The molecule has 0 heterocycles. The number of ether oxygens (including phenoxy) is 3. The highest BCUT2D eigenvalue weighted by Crippen LogP contribution is 2.16. The first-order chi connectivity index (χ1) is 30.5. The molecule has 0 saturated carbocycles. The van der Waals surface area contributed by atoms with Gasteiger partial charge in [0, 0.05) is 19.3 Å². The maximum Gasteiger partial charge on any atom is 0.306 e. The van der Waals surface area contributed by atoms with E-state index in [1.54, 1.807) is 0 Å². The van der Waals surface area contributed by atoms with Crippen LogP contribution in [0.2, 0.25) is 0 Å². The summed E-state index contributed by atoms with van der Waals surface area (Å²) >= 11 is 0. The van der Waals surface area contributed by atoms with Crippen molar-refractivity contribution in [1.82, 2.24) is 0 Å². The van der Waals surface area contributed by atoms with Crippen LogP contribution in [0.1, 0.15) is 271 Å². The van der Waals surface area contributed by atoms with Gasteiger partial charge in [-0.15, -0.1) is 0 Å². The topological polar surface area (TPSA) is 78.9 Å². The summed E-state index contributed by atoms with van der Waals surface area (Å²) in [6.07, 6.45) is 61.0. The number of esters is 3. The van der Waals surface area contributed by atoms with Crippen LogP contribution >= 0.6 is 0 Å². The Morgan fingerprint density at radius 2 is 0.645 bits per heavy atom. The maximum absolute atomic E-state index is 12.8. The number of carbonyl (C=O) groups is 3. The van der Waals surface area contributed by atoms with Gasteiger partial charge in [-0.25, -0.2) is 0 Å². The van der Waals surface area contributed by atoms with Gasteiger partial charge in [-0.3, -0.25) is 14.4 Å². The minimum atomic E-state index is -0.776. The molecule has 0 aliphatic carbocycles. The molecule has 0 fully saturated rings. The zero-order valence-corrected chi connectivity index (χ0v) is 41.1. The molecule has 0 rings (SSSR count). The van der Waals surface area contributed by atoms with Gasteiger partial charge in [0.05, 0.1) is 0 Å². The highest BCUT2D eigenvalue weighted by Gasteiger charge is 2.19. The minimum Gasteiger partial charge on any atom is -0.462 e. The normalized spacial score (nSPS) is 12.4. The van der Waals surface area contributed by atoms with Crippen LogP contribution < -0.4 is 0 Å². The van der Waals surface area contributed by atoms with Gasteiger partial charge in [-0.1, -0.05) is 230 Å². The Bertz CT molecular complexity index is 1090. The third kappa shape index (κ3) is 48.4. The lowest BCUT2D eigenvalue weighted by Crippen LogP contribution is -2.30. The van der Waals surface area contributed by atoms with E-state index in [0.29, 0.717) is 19.3 Å². The molecule has 0 saturated heterocycles. The predicted octanol–water partition coefficient (Wildman–Crippen LogP) is 17.5. The van der Waals surface area contributed by atoms with Crippen LogP contribution in [0.15, 0.2) is 48.6 Å². The van der Waals surface area contributed by atoms with Crippen molar-refractivity contribution in [3.05, 3.63) is 48.6 Å².